The van der Waals surface area contributed by atoms with Crippen molar-refractivity contribution < 1.29 is 5.11 Å². The van der Waals surface area contributed by atoms with Gasteiger partial charge in [-0.3, -0.25) is 0 Å². The van der Waals surface area contributed by atoms with Crippen molar-refractivity contribution in [2.24, 2.45) is 57.7 Å². The summed E-state index contributed by atoms with van der Waals surface area (Å²) in [5, 5.41) is 10.3. The first-order chi connectivity index (χ1) is 14.6. The van der Waals surface area contributed by atoms with Crippen LogP contribution >= 0.6 is 0 Å². The lowest BCUT2D eigenvalue weighted by Gasteiger charge is -2.58. The molecule has 0 heterocycles. The van der Waals surface area contributed by atoms with Crippen LogP contribution in [0.5, 0.6) is 0 Å². The summed E-state index contributed by atoms with van der Waals surface area (Å²) in [6, 6.07) is 0. The first kappa shape index (κ1) is 22.5. The maximum absolute atomic E-state index is 10.3. The SMILES string of the molecule is CC(C)[C@@]1(CC[C@@H](C)[C@H]2CC[C@H]3[C@@H]4CC=C5C[C@@H](O)CC[C@]5(C)[C@H]4CC[C@]23C)C[C@H]1C. The van der Waals surface area contributed by atoms with Crippen LogP contribution in [-0.2, 0) is 0 Å². The number of hydrogen-bond donors (Lipinski definition) is 1. The van der Waals surface area contributed by atoms with Gasteiger partial charge in [0.05, 0.1) is 6.10 Å². The molecule has 0 aromatic carbocycles. The molecule has 0 unspecified atom stereocenters. The van der Waals surface area contributed by atoms with E-state index in [2.05, 4.69) is 47.6 Å². The summed E-state index contributed by atoms with van der Waals surface area (Å²) in [4.78, 5) is 0. The number of hydrogen-bond acceptors (Lipinski definition) is 1. The molecule has 4 fully saturated rings. The van der Waals surface area contributed by atoms with E-state index in [1.54, 1.807) is 5.57 Å². The van der Waals surface area contributed by atoms with Gasteiger partial charge in [-0.05, 0) is 128 Å². The summed E-state index contributed by atoms with van der Waals surface area (Å²) in [6.45, 7) is 15.3. The van der Waals surface area contributed by atoms with Crippen LogP contribution in [0.25, 0.3) is 0 Å². The zero-order valence-corrected chi connectivity index (χ0v) is 21.4. The molecule has 176 valence electrons. The summed E-state index contributed by atoms with van der Waals surface area (Å²) >= 11 is 0. The van der Waals surface area contributed by atoms with Crippen molar-refractivity contribution in [3.8, 4) is 0 Å². The van der Waals surface area contributed by atoms with Gasteiger partial charge in [-0.2, -0.15) is 0 Å². The molecule has 4 saturated carbocycles. The number of fused-ring (bicyclic) bond motifs is 5. The van der Waals surface area contributed by atoms with Gasteiger partial charge in [0, 0.05) is 0 Å². The third-order valence-electron chi connectivity index (χ3n) is 12.6. The van der Waals surface area contributed by atoms with Crippen LogP contribution < -0.4 is 0 Å². The fourth-order valence-electron chi connectivity index (χ4n) is 10.3. The van der Waals surface area contributed by atoms with Crippen molar-refractivity contribution in [2.75, 3.05) is 0 Å². The summed E-state index contributed by atoms with van der Waals surface area (Å²) < 4.78 is 0. The topological polar surface area (TPSA) is 20.2 Å². The Labute approximate surface area is 192 Å². The van der Waals surface area contributed by atoms with Crippen molar-refractivity contribution >= 4 is 0 Å². The van der Waals surface area contributed by atoms with E-state index in [4.69, 9.17) is 0 Å². The van der Waals surface area contributed by atoms with Gasteiger partial charge < -0.3 is 5.11 Å². The number of rotatable bonds is 5. The van der Waals surface area contributed by atoms with Gasteiger partial charge in [-0.1, -0.05) is 53.2 Å². The van der Waals surface area contributed by atoms with Crippen LogP contribution in [-0.4, -0.2) is 11.2 Å². The van der Waals surface area contributed by atoms with Crippen molar-refractivity contribution in [1.82, 2.24) is 0 Å². The Hall–Kier alpha value is -0.300. The molecule has 0 spiro atoms. The number of aliphatic hydroxyl groups excluding tert-OH is 1. The molecule has 0 aromatic rings. The standard InChI is InChI=1S/C30H50O/c1-19(2)30(18-21(30)4)16-11-20(3)25-9-10-26-24-8-7-22-17-23(31)12-14-28(22,5)27(24)13-15-29(25,26)6/h7,19-21,23-27,31H,8-18H2,1-6H3/t20-,21-,23+,24+,25-,26+,27+,28+,29-,30-/m1/s1. The third-order valence-corrected chi connectivity index (χ3v) is 12.6. The minimum absolute atomic E-state index is 0.0789. The summed E-state index contributed by atoms with van der Waals surface area (Å²) in [6.07, 6.45) is 17.3. The van der Waals surface area contributed by atoms with E-state index >= 15 is 0 Å². The van der Waals surface area contributed by atoms with Crippen LogP contribution in [0.2, 0.25) is 0 Å². The Balaban J connectivity index is 1.30. The zero-order valence-electron chi connectivity index (χ0n) is 21.4. The highest BCUT2D eigenvalue weighted by molar-refractivity contribution is 5.25. The number of aliphatic hydroxyl groups is 1. The van der Waals surface area contributed by atoms with E-state index in [9.17, 15) is 5.11 Å². The second-order valence-electron chi connectivity index (χ2n) is 13.9. The Morgan fingerprint density at radius 1 is 1.03 bits per heavy atom. The molecule has 0 aliphatic heterocycles. The molecule has 0 aromatic heterocycles. The van der Waals surface area contributed by atoms with E-state index < -0.39 is 0 Å². The predicted molar refractivity (Wildman–Crippen MR) is 131 cm³/mol. The molecule has 5 aliphatic rings. The van der Waals surface area contributed by atoms with Crippen molar-refractivity contribution in [2.45, 2.75) is 118 Å². The predicted octanol–water partition coefficient (Wildman–Crippen LogP) is 8.02. The van der Waals surface area contributed by atoms with Gasteiger partial charge in [0.1, 0.15) is 0 Å². The fraction of sp³-hybridized carbons (Fsp3) is 0.933. The van der Waals surface area contributed by atoms with E-state index in [0.29, 0.717) is 16.2 Å². The van der Waals surface area contributed by atoms with Crippen LogP contribution in [0.15, 0.2) is 11.6 Å². The monoisotopic (exact) mass is 426 g/mol. The highest BCUT2D eigenvalue weighted by Gasteiger charge is 2.59. The molecule has 0 bridgehead atoms. The lowest BCUT2D eigenvalue weighted by atomic mass is 9.47. The van der Waals surface area contributed by atoms with Crippen molar-refractivity contribution in [3.05, 3.63) is 11.6 Å². The lowest BCUT2D eigenvalue weighted by Crippen LogP contribution is -2.50. The molecule has 0 amide bonds. The smallest absolute Gasteiger partial charge is 0.0577 e. The van der Waals surface area contributed by atoms with Gasteiger partial charge in [0.25, 0.3) is 0 Å². The largest absolute Gasteiger partial charge is 0.393 e. The molecule has 1 nitrogen and oxygen atoms in total. The first-order valence-corrected chi connectivity index (χ1v) is 14.0. The second kappa shape index (κ2) is 7.61. The van der Waals surface area contributed by atoms with Gasteiger partial charge in [-0.15, -0.1) is 0 Å². The molecule has 0 radical (unpaired) electrons. The van der Waals surface area contributed by atoms with Gasteiger partial charge in [0.2, 0.25) is 0 Å². The molecular weight excluding hydrogens is 376 g/mol. The Kier molecular flexibility index (Phi) is 5.52. The minimum atomic E-state index is -0.0789. The van der Waals surface area contributed by atoms with Crippen molar-refractivity contribution in [3.63, 3.8) is 0 Å². The number of allylic oxidation sites excluding steroid dienone is 1. The maximum atomic E-state index is 10.3. The third kappa shape index (κ3) is 3.33. The average molecular weight is 427 g/mol. The van der Waals surface area contributed by atoms with Crippen LogP contribution in [0.4, 0.5) is 0 Å². The van der Waals surface area contributed by atoms with Crippen LogP contribution in [0.3, 0.4) is 0 Å². The summed E-state index contributed by atoms with van der Waals surface area (Å²) in [5.74, 6) is 6.39. The first-order valence-electron chi connectivity index (χ1n) is 14.0. The zero-order chi connectivity index (χ0) is 22.2. The molecule has 1 N–H and O–H groups in total. The Morgan fingerprint density at radius 2 is 1.77 bits per heavy atom. The fourth-order valence-corrected chi connectivity index (χ4v) is 10.3. The highest BCUT2D eigenvalue weighted by Crippen LogP contribution is 2.68. The molecule has 10 atom stereocenters. The normalized spacial score (nSPS) is 52.2. The van der Waals surface area contributed by atoms with Gasteiger partial charge in [0.15, 0.2) is 0 Å². The quantitative estimate of drug-likeness (QED) is 0.441. The van der Waals surface area contributed by atoms with E-state index in [-0.39, 0.29) is 6.10 Å². The molecule has 0 saturated heterocycles. The molecule has 5 aliphatic carbocycles. The second-order valence-corrected chi connectivity index (χ2v) is 13.9. The summed E-state index contributed by atoms with van der Waals surface area (Å²) in [7, 11) is 0. The highest BCUT2D eigenvalue weighted by atomic mass is 16.3. The molecule has 5 rings (SSSR count). The maximum Gasteiger partial charge on any atom is 0.0577 e. The lowest BCUT2D eigenvalue weighted by molar-refractivity contribution is -0.0576. The van der Waals surface area contributed by atoms with Crippen molar-refractivity contribution in [1.29, 1.82) is 0 Å². The minimum Gasteiger partial charge on any atom is -0.393 e. The van der Waals surface area contributed by atoms with Crippen LogP contribution in [0, 0.1) is 57.7 Å². The van der Waals surface area contributed by atoms with E-state index in [0.717, 1.165) is 54.3 Å². The molecule has 1 heteroatoms. The average Bonchev–Trinajstić information content (AvgIpc) is 3.25. The summed E-state index contributed by atoms with van der Waals surface area (Å²) in [5.41, 5.74) is 3.27. The van der Waals surface area contributed by atoms with Gasteiger partial charge >= 0.3 is 0 Å². The van der Waals surface area contributed by atoms with Gasteiger partial charge in [-0.25, -0.2) is 0 Å². The van der Waals surface area contributed by atoms with E-state index in [1.807, 2.05) is 0 Å². The Bertz CT molecular complexity index is 722. The van der Waals surface area contributed by atoms with E-state index in [1.165, 1.54) is 57.8 Å². The molecular formula is C30H50O. The molecule has 31 heavy (non-hydrogen) atoms. The Morgan fingerprint density at radius 3 is 2.45 bits per heavy atom. The van der Waals surface area contributed by atoms with Crippen LogP contribution in [0.1, 0.15) is 112 Å².